The largest absolute Gasteiger partial charge is 0.391 e. The van der Waals surface area contributed by atoms with Crippen LogP contribution in [0.25, 0.3) is 0 Å². The van der Waals surface area contributed by atoms with Gasteiger partial charge in [0, 0.05) is 19.2 Å². The quantitative estimate of drug-likeness (QED) is 0.849. The van der Waals surface area contributed by atoms with Crippen LogP contribution in [-0.4, -0.2) is 35.1 Å². The van der Waals surface area contributed by atoms with Gasteiger partial charge in [0.05, 0.1) is 16.5 Å². The molecular weight excluding hydrogens is 208 g/mol. The Morgan fingerprint density at radius 2 is 2.53 bits per heavy atom. The van der Waals surface area contributed by atoms with E-state index in [0.717, 1.165) is 17.2 Å². The zero-order chi connectivity index (χ0) is 10.7. The van der Waals surface area contributed by atoms with Gasteiger partial charge in [-0.3, -0.25) is 0 Å². The van der Waals surface area contributed by atoms with E-state index >= 15 is 0 Å². The molecule has 1 N–H and O–H groups in total. The van der Waals surface area contributed by atoms with Crippen molar-refractivity contribution in [1.29, 1.82) is 0 Å². The molecule has 84 valence electrons. The van der Waals surface area contributed by atoms with Gasteiger partial charge in [0.15, 0.2) is 0 Å². The first-order chi connectivity index (χ1) is 7.28. The maximum Gasteiger partial charge on any atom is 0.0931 e. The van der Waals surface area contributed by atoms with Crippen LogP contribution in [0, 0.1) is 5.92 Å². The van der Waals surface area contributed by atoms with E-state index in [1.54, 1.807) is 17.5 Å². The van der Waals surface area contributed by atoms with Crippen molar-refractivity contribution in [3.8, 4) is 0 Å². The number of likely N-dealkylation sites (tertiary alicyclic amines) is 1. The fourth-order valence-electron chi connectivity index (χ4n) is 2.20. The summed E-state index contributed by atoms with van der Waals surface area (Å²) in [5.41, 5.74) is 0. The summed E-state index contributed by atoms with van der Waals surface area (Å²) in [4.78, 5) is 7.72. The van der Waals surface area contributed by atoms with Crippen LogP contribution in [0.2, 0.25) is 0 Å². The molecule has 0 aromatic carbocycles. The summed E-state index contributed by atoms with van der Waals surface area (Å²) >= 11 is 1.65. The number of piperidine rings is 1. The fourth-order valence-corrected chi connectivity index (χ4v) is 3.10. The topological polar surface area (TPSA) is 36.4 Å². The molecule has 2 heterocycles. The molecule has 4 heteroatoms. The van der Waals surface area contributed by atoms with Crippen LogP contribution in [0.15, 0.2) is 6.20 Å². The number of thiazole rings is 1. The van der Waals surface area contributed by atoms with Gasteiger partial charge in [0.2, 0.25) is 0 Å². The van der Waals surface area contributed by atoms with Crippen molar-refractivity contribution in [1.82, 2.24) is 9.88 Å². The molecule has 0 spiro atoms. The third kappa shape index (κ3) is 3.00. The first-order valence-corrected chi connectivity index (χ1v) is 6.32. The molecule has 0 aliphatic carbocycles. The van der Waals surface area contributed by atoms with Crippen molar-refractivity contribution in [3.05, 3.63) is 16.1 Å². The second kappa shape index (κ2) is 5.05. The normalized spacial score (nSPS) is 23.2. The van der Waals surface area contributed by atoms with E-state index in [2.05, 4.69) is 16.9 Å². The Kier molecular flexibility index (Phi) is 3.72. The Balaban J connectivity index is 1.90. The molecular formula is C11H18N2OS. The average molecular weight is 226 g/mol. The molecule has 1 aromatic rings. The van der Waals surface area contributed by atoms with Gasteiger partial charge in [0.1, 0.15) is 0 Å². The van der Waals surface area contributed by atoms with Crippen LogP contribution in [0.5, 0.6) is 0 Å². The standard InChI is InChI=1S/C11H18N2OS/c1-13-4-2-3-9(7-13)5-11-12-6-10(8-14)15-11/h6,9,14H,2-5,7-8H2,1H3. The van der Waals surface area contributed by atoms with Crippen molar-refractivity contribution in [2.45, 2.75) is 25.9 Å². The van der Waals surface area contributed by atoms with E-state index in [0.29, 0.717) is 0 Å². The van der Waals surface area contributed by atoms with Gasteiger partial charge in [-0.25, -0.2) is 4.98 Å². The molecule has 1 aliphatic heterocycles. The minimum Gasteiger partial charge on any atom is -0.391 e. The van der Waals surface area contributed by atoms with Gasteiger partial charge in [-0.2, -0.15) is 0 Å². The van der Waals surface area contributed by atoms with Gasteiger partial charge in [-0.1, -0.05) is 0 Å². The van der Waals surface area contributed by atoms with Crippen molar-refractivity contribution in [2.75, 3.05) is 20.1 Å². The second-order valence-electron chi connectivity index (χ2n) is 4.35. The predicted molar refractivity (Wildman–Crippen MR) is 62.0 cm³/mol. The molecule has 1 saturated heterocycles. The number of rotatable bonds is 3. The third-order valence-electron chi connectivity index (χ3n) is 2.94. The number of aromatic nitrogens is 1. The number of aliphatic hydroxyl groups is 1. The Morgan fingerprint density at radius 3 is 3.20 bits per heavy atom. The van der Waals surface area contributed by atoms with Crippen molar-refractivity contribution >= 4 is 11.3 Å². The number of hydrogen-bond acceptors (Lipinski definition) is 4. The first-order valence-electron chi connectivity index (χ1n) is 5.51. The molecule has 1 atom stereocenters. The van der Waals surface area contributed by atoms with Crippen LogP contribution in [0.4, 0.5) is 0 Å². The minimum atomic E-state index is 0.127. The maximum atomic E-state index is 8.96. The Morgan fingerprint density at radius 1 is 1.67 bits per heavy atom. The molecule has 2 rings (SSSR count). The summed E-state index contributed by atoms with van der Waals surface area (Å²) in [6.45, 7) is 2.55. The van der Waals surface area contributed by atoms with Crippen molar-refractivity contribution < 1.29 is 5.11 Å². The molecule has 1 fully saturated rings. The van der Waals surface area contributed by atoms with E-state index in [1.165, 1.54) is 30.9 Å². The number of nitrogens with zero attached hydrogens (tertiary/aromatic N) is 2. The van der Waals surface area contributed by atoms with Crippen LogP contribution in [-0.2, 0) is 13.0 Å². The van der Waals surface area contributed by atoms with E-state index in [9.17, 15) is 0 Å². The molecule has 0 amide bonds. The number of aliphatic hydroxyl groups excluding tert-OH is 1. The van der Waals surface area contributed by atoms with Gasteiger partial charge in [-0.15, -0.1) is 11.3 Å². The van der Waals surface area contributed by atoms with Crippen LogP contribution >= 0.6 is 11.3 Å². The molecule has 3 nitrogen and oxygen atoms in total. The zero-order valence-corrected chi connectivity index (χ0v) is 9.96. The summed E-state index contributed by atoms with van der Waals surface area (Å²) in [5.74, 6) is 0.751. The molecule has 1 aromatic heterocycles. The highest BCUT2D eigenvalue weighted by atomic mass is 32.1. The van der Waals surface area contributed by atoms with E-state index in [1.807, 2.05) is 0 Å². The number of hydrogen-bond donors (Lipinski definition) is 1. The molecule has 1 aliphatic rings. The second-order valence-corrected chi connectivity index (χ2v) is 5.55. The van der Waals surface area contributed by atoms with Crippen LogP contribution in [0.1, 0.15) is 22.7 Å². The smallest absolute Gasteiger partial charge is 0.0931 e. The predicted octanol–water partition coefficient (Wildman–Crippen LogP) is 1.52. The van der Waals surface area contributed by atoms with Crippen LogP contribution in [0.3, 0.4) is 0 Å². The maximum absolute atomic E-state index is 8.96. The molecule has 0 radical (unpaired) electrons. The molecule has 1 unspecified atom stereocenters. The fraction of sp³-hybridized carbons (Fsp3) is 0.727. The van der Waals surface area contributed by atoms with Gasteiger partial charge >= 0.3 is 0 Å². The Hall–Kier alpha value is -0.450. The van der Waals surface area contributed by atoms with E-state index < -0.39 is 0 Å². The first kappa shape index (κ1) is 11.0. The highest BCUT2D eigenvalue weighted by molar-refractivity contribution is 7.11. The summed E-state index contributed by atoms with van der Waals surface area (Å²) < 4.78 is 0. The van der Waals surface area contributed by atoms with E-state index in [-0.39, 0.29) is 6.61 Å². The highest BCUT2D eigenvalue weighted by Gasteiger charge is 2.18. The van der Waals surface area contributed by atoms with E-state index in [4.69, 9.17) is 5.11 Å². The molecule has 0 saturated carbocycles. The van der Waals surface area contributed by atoms with Crippen molar-refractivity contribution in [3.63, 3.8) is 0 Å². The van der Waals surface area contributed by atoms with Crippen molar-refractivity contribution in [2.24, 2.45) is 5.92 Å². The summed E-state index contributed by atoms with van der Waals surface area (Å²) in [5, 5.41) is 10.1. The Labute approximate surface area is 94.8 Å². The summed E-state index contributed by atoms with van der Waals surface area (Å²) in [6.07, 6.45) is 5.50. The van der Waals surface area contributed by atoms with Crippen LogP contribution < -0.4 is 0 Å². The lowest BCUT2D eigenvalue weighted by Crippen LogP contribution is -2.32. The third-order valence-corrected chi connectivity index (χ3v) is 3.95. The SMILES string of the molecule is CN1CCCC(Cc2ncc(CO)s2)C1. The Bertz CT molecular complexity index is 313. The molecule has 0 bridgehead atoms. The van der Waals surface area contributed by atoms with Gasteiger partial charge in [-0.05, 0) is 32.4 Å². The zero-order valence-electron chi connectivity index (χ0n) is 9.15. The summed E-state index contributed by atoms with van der Waals surface area (Å²) in [7, 11) is 2.19. The molecule has 15 heavy (non-hydrogen) atoms. The lowest BCUT2D eigenvalue weighted by Gasteiger charge is -2.29. The monoisotopic (exact) mass is 226 g/mol. The summed E-state index contributed by atoms with van der Waals surface area (Å²) in [6, 6.07) is 0. The van der Waals surface area contributed by atoms with Gasteiger partial charge < -0.3 is 10.0 Å². The lowest BCUT2D eigenvalue weighted by molar-refractivity contribution is 0.209. The minimum absolute atomic E-state index is 0.127. The lowest BCUT2D eigenvalue weighted by atomic mass is 9.95. The highest BCUT2D eigenvalue weighted by Crippen LogP contribution is 2.22. The van der Waals surface area contributed by atoms with Gasteiger partial charge in [0.25, 0.3) is 0 Å². The average Bonchev–Trinajstić information content (AvgIpc) is 2.65.